The molecule has 1 aliphatic rings. The fourth-order valence-electron chi connectivity index (χ4n) is 3.81. The third-order valence-corrected chi connectivity index (χ3v) is 6.96. The lowest BCUT2D eigenvalue weighted by atomic mass is 10.1. The van der Waals surface area contributed by atoms with E-state index < -0.39 is 34.3 Å². The molecule has 0 radical (unpaired) electrons. The van der Waals surface area contributed by atoms with Crippen molar-refractivity contribution in [2.45, 2.75) is 49.6 Å². The number of para-hydroxylation sites is 1. The number of hydrogen-bond donors (Lipinski definition) is 2. The zero-order chi connectivity index (χ0) is 24.6. The minimum Gasteiger partial charge on any atom is -0.376 e. The van der Waals surface area contributed by atoms with Gasteiger partial charge in [-0.25, -0.2) is 17.5 Å². The van der Waals surface area contributed by atoms with Crippen LogP contribution in [0.4, 0.5) is 10.1 Å². The Bertz CT molecular complexity index is 1060. The van der Waals surface area contributed by atoms with Crippen LogP contribution in [0, 0.1) is 5.82 Å². The quantitative estimate of drug-likeness (QED) is 0.503. The van der Waals surface area contributed by atoms with Crippen LogP contribution in [-0.4, -0.2) is 52.1 Å². The van der Waals surface area contributed by atoms with E-state index >= 15 is 0 Å². The van der Waals surface area contributed by atoms with Crippen molar-refractivity contribution in [2.24, 2.45) is 0 Å². The fourth-order valence-corrected chi connectivity index (χ4v) is 4.79. The largest absolute Gasteiger partial charge is 0.376 e. The Hall–Kier alpha value is -2.82. The molecule has 2 aromatic rings. The summed E-state index contributed by atoms with van der Waals surface area (Å²) in [7, 11) is -4.05. The summed E-state index contributed by atoms with van der Waals surface area (Å²) >= 11 is 0. The number of rotatable bonds is 11. The first-order chi connectivity index (χ1) is 16.3. The van der Waals surface area contributed by atoms with Gasteiger partial charge in [-0.15, -0.1) is 0 Å². The van der Waals surface area contributed by atoms with Crippen molar-refractivity contribution in [1.82, 2.24) is 10.0 Å². The third-order valence-electron chi connectivity index (χ3n) is 5.54. The Morgan fingerprint density at radius 2 is 1.85 bits per heavy atom. The summed E-state index contributed by atoms with van der Waals surface area (Å²) in [4.78, 5) is 27.6. The van der Waals surface area contributed by atoms with Crippen LogP contribution in [0.25, 0.3) is 0 Å². The lowest BCUT2D eigenvalue weighted by molar-refractivity contribution is -0.126. The highest BCUT2D eigenvalue weighted by Gasteiger charge is 2.31. The zero-order valence-electron chi connectivity index (χ0n) is 19.1. The van der Waals surface area contributed by atoms with Gasteiger partial charge in [-0.05, 0) is 55.7 Å². The molecule has 8 nitrogen and oxygen atoms in total. The van der Waals surface area contributed by atoms with Crippen LogP contribution in [0.5, 0.6) is 0 Å². The van der Waals surface area contributed by atoms with Gasteiger partial charge in [0, 0.05) is 18.8 Å². The molecular weight excluding hydrogens is 461 g/mol. The smallest absolute Gasteiger partial charge is 0.243 e. The van der Waals surface area contributed by atoms with E-state index in [2.05, 4.69) is 10.0 Å². The predicted molar refractivity (Wildman–Crippen MR) is 126 cm³/mol. The van der Waals surface area contributed by atoms with Gasteiger partial charge in [-0.2, -0.15) is 0 Å². The van der Waals surface area contributed by atoms with Crippen LogP contribution in [-0.2, 0) is 24.3 Å². The number of nitrogens with one attached hydrogen (secondary N) is 2. The second kappa shape index (κ2) is 12.0. The molecule has 34 heavy (non-hydrogen) atoms. The Morgan fingerprint density at radius 1 is 1.15 bits per heavy atom. The molecule has 2 atom stereocenters. The number of sulfonamides is 1. The monoisotopic (exact) mass is 491 g/mol. The van der Waals surface area contributed by atoms with E-state index in [4.69, 9.17) is 4.74 Å². The van der Waals surface area contributed by atoms with Crippen molar-refractivity contribution < 1.29 is 27.1 Å². The SMILES string of the molecule is CCC[C@H](C(=O)NC[C@@H]1CCCO1)N(C(=O)CNS(=O)(=O)c1ccc(F)cc1)c1ccccc1. The molecule has 0 unspecified atom stereocenters. The average molecular weight is 492 g/mol. The van der Waals surface area contributed by atoms with Crippen LogP contribution >= 0.6 is 0 Å². The van der Waals surface area contributed by atoms with Gasteiger partial charge in [0.25, 0.3) is 0 Å². The highest BCUT2D eigenvalue weighted by molar-refractivity contribution is 7.89. The molecule has 3 rings (SSSR count). The molecule has 0 spiro atoms. The first kappa shape index (κ1) is 25.8. The number of ether oxygens (including phenoxy) is 1. The number of halogens is 1. The van der Waals surface area contributed by atoms with Gasteiger partial charge in [-0.1, -0.05) is 31.5 Å². The van der Waals surface area contributed by atoms with Gasteiger partial charge in [0.15, 0.2) is 0 Å². The molecule has 2 aromatic carbocycles. The van der Waals surface area contributed by atoms with E-state index in [1.807, 2.05) is 6.92 Å². The van der Waals surface area contributed by atoms with Crippen molar-refractivity contribution >= 4 is 27.5 Å². The molecule has 0 aliphatic carbocycles. The van der Waals surface area contributed by atoms with Crippen molar-refractivity contribution in [1.29, 1.82) is 0 Å². The summed E-state index contributed by atoms with van der Waals surface area (Å²) in [6.07, 6.45) is 2.79. The lowest BCUT2D eigenvalue weighted by Gasteiger charge is -2.31. The van der Waals surface area contributed by atoms with Crippen molar-refractivity contribution in [3.63, 3.8) is 0 Å². The maximum Gasteiger partial charge on any atom is 0.243 e. The van der Waals surface area contributed by atoms with Crippen molar-refractivity contribution in [2.75, 3.05) is 24.6 Å². The Kier molecular flexibility index (Phi) is 9.14. The first-order valence-corrected chi connectivity index (χ1v) is 12.8. The van der Waals surface area contributed by atoms with Crippen molar-refractivity contribution in [3.8, 4) is 0 Å². The molecule has 0 saturated carbocycles. The third kappa shape index (κ3) is 6.85. The molecule has 1 fully saturated rings. The molecule has 1 aliphatic heterocycles. The summed E-state index contributed by atoms with van der Waals surface area (Å²) in [6.45, 7) is 2.37. The van der Waals surface area contributed by atoms with E-state index in [9.17, 15) is 22.4 Å². The second-order valence-corrected chi connectivity index (χ2v) is 9.83. The second-order valence-electron chi connectivity index (χ2n) is 8.06. The number of carbonyl (C=O) groups excluding carboxylic acids is 2. The van der Waals surface area contributed by atoms with E-state index in [0.717, 1.165) is 37.1 Å². The van der Waals surface area contributed by atoms with Gasteiger partial charge in [-0.3, -0.25) is 14.5 Å². The summed E-state index contributed by atoms with van der Waals surface area (Å²) in [5.74, 6) is -1.47. The number of nitrogens with zero attached hydrogens (tertiary/aromatic N) is 1. The van der Waals surface area contributed by atoms with E-state index in [0.29, 0.717) is 31.7 Å². The maximum atomic E-state index is 13.3. The van der Waals surface area contributed by atoms with E-state index in [1.165, 1.54) is 4.90 Å². The van der Waals surface area contributed by atoms with Crippen LogP contribution < -0.4 is 14.9 Å². The molecule has 0 aromatic heterocycles. The highest BCUT2D eigenvalue weighted by atomic mass is 32.2. The number of benzene rings is 2. The van der Waals surface area contributed by atoms with Crippen LogP contribution in [0.2, 0.25) is 0 Å². The standard InChI is InChI=1S/C24H30FN3O5S/c1-2-7-22(24(30)26-16-20-10-6-15-33-20)28(19-8-4-3-5-9-19)23(29)17-27-34(31,32)21-13-11-18(25)12-14-21/h3-5,8-9,11-14,20,22,27H,2,6-7,10,15-17H2,1H3,(H,26,30)/t20-,22+/m0/s1. The van der Waals surface area contributed by atoms with Gasteiger partial charge < -0.3 is 10.1 Å². The molecule has 1 heterocycles. The zero-order valence-corrected chi connectivity index (χ0v) is 19.9. The molecule has 10 heteroatoms. The Morgan fingerprint density at radius 3 is 2.47 bits per heavy atom. The average Bonchev–Trinajstić information content (AvgIpc) is 3.36. The Labute approximate surface area is 199 Å². The maximum absolute atomic E-state index is 13.3. The number of hydrogen-bond acceptors (Lipinski definition) is 5. The first-order valence-electron chi connectivity index (χ1n) is 11.3. The van der Waals surface area contributed by atoms with Gasteiger partial charge >= 0.3 is 0 Å². The molecule has 184 valence electrons. The summed E-state index contributed by atoms with van der Waals surface area (Å²) in [6, 6.07) is 12.1. The molecule has 0 bridgehead atoms. The number of amides is 2. The molecule has 1 saturated heterocycles. The summed E-state index contributed by atoms with van der Waals surface area (Å²) in [5, 5.41) is 2.89. The number of carbonyl (C=O) groups is 2. The normalized spacial score (nSPS) is 16.7. The van der Waals surface area contributed by atoms with Crippen LogP contribution in [0.3, 0.4) is 0 Å². The van der Waals surface area contributed by atoms with Gasteiger partial charge in [0.05, 0.1) is 17.5 Å². The highest BCUT2D eigenvalue weighted by Crippen LogP contribution is 2.21. The molecular formula is C24H30FN3O5S. The van der Waals surface area contributed by atoms with Crippen molar-refractivity contribution in [3.05, 3.63) is 60.4 Å². The lowest BCUT2D eigenvalue weighted by Crippen LogP contribution is -2.53. The predicted octanol–water partition coefficient (Wildman–Crippen LogP) is 2.60. The summed E-state index contributed by atoms with van der Waals surface area (Å²) in [5.41, 5.74) is 0.485. The van der Waals surface area contributed by atoms with Gasteiger partial charge in [0.2, 0.25) is 21.8 Å². The topological polar surface area (TPSA) is 105 Å². The van der Waals surface area contributed by atoms with Crippen LogP contribution in [0.15, 0.2) is 59.5 Å². The summed E-state index contributed by atoms with van der Waals surface area (Å²) < 4.78 is 46.2. The fraction of sp³-hybridized carbons (Fsp3) is 0.417. The Balaban J connectivity index is 1.78. The number of anilines is 1. The minimum atomic E-state index is -4.05. The van der Waals surface area contributed by atoms with E-state index in [1.54, 1.807) is 30.3 Å². The molecule has 2 N–H and O–H groups in total. The van der Waals surface area contributed by atoms with Crippen LogP contribution in [0.1, 0.15) is 32.6 Å². The van der Waals surface area contributed by atoms with E-state index in [-0.39, 0.29) is 16.9 Å². The minimum absolute atomic E-state index is 0.0466. The molecule has 2 amide bonds. The van der Waals surface area contributed by atoms with Gasteiger partial charge in [0.1, 0.15) is 11.9 Å².